The molecule has 0 spiro atoms. The Kier molecular flexibility index (Phi) is 11.0. The van der Waals surface area contributed by atoms with Gasteiger partial charge in [-0.15, -0.1) is 0 Å². The molecule has 8 heteroatoms. The highest BCUT2D eigenvalue weighted by atomic mass is 16.5. The quantitative estimate of drug-likeness (QED) is 0.208. The number of nitrogens with zero attached hydrogens (tertiary/aromatic N) is 1. The minimum atomic E-state index is -1.02. The van der Waals surface area contributed by atoms with Gasteiger partial charge >= 0.3 is 12.0 Å². The molecular formula is C19H31N3O5. The number of carbonyl (C=O) groups excluding carboxylic acids is 4. The summed E-state index contributed by atoms with van der Waals surface area (Å²) in [5, 5.41) is 4.52. The number of aliphatic imine (C=N–C) groups is 1. The predicted molar refractivity (Wildman–Crippen MR) is 101 cm³/mol. The van der Waals surface area contributed by atoms with Crippen molar-refractivity contribution in [3.05, 3.63) is 0 Å². The zero-order valence-corrected chi connectivity index (χ0v) is 16.3. The molecule has 0 aromatic carbocycles. The van der Waals surface area contributed by atoms with Crippen LogP contribution < -0.4 is 10.6 Å². The van der Waals surface area contributed by atoms with E-state index in [-0.39, 0.29) is 11.8 Å². The summed E-state index contributed by atoms with van der Waals surface area (Å²) in [6, 6.07) is -0.592. The van der Waals surface area contributed by atoms with Crippen LogP contribution in [0, 0.1) is 0 Å². The van der Waals surface area contributed by atoms with Crippen LogP contribution in [0.25, 0.3) is 0 Å². The van der Waals surface area contributed by atoms with E-state index < -0.39 is 18.1 Å². The summed E-state index contributed by atoms with van der Waals surface area (Å²) < 4.78 is 4.88. The van der Waals surface area contributed by atoms with Crippen LogP contribution in [-0.2, 0) is 19.1 Å². The second-order valence-corrected chi connectivity index (χ2v) is 6.54. The molecule has 0 radical (unpaired) electrons. The maximum atomic E-state index is 12.4. The Morgan fingerprint density at radius 2 is 1.63 bits per heavy atom. The molecule has 8 nitrogen and oxygen atoms in total. The van der Waals surface area contributed by atoms with Crippen LogP contribution in [0.3, 0.4) is 0 Å². The smallest absolute Gasteiger partial charge is 0.323 e. The van der Waals surface area contributed by atoms with Gasteiger partial charge in [0.1, 0.15) is 0 Å². The molecular weight excluding hydrogens is 350 g/mol. The van der Waals surface area contributed by atoms with Gasteiger partial charge in [0, 0.05) is 12.8 Å². The standard InChI is InChI=1S/C19H31N3O5/c1-3-5-8-12-15(23)14(20-17-18(25)22-19(26)21-17)11-9-6-7-10-13-16(24)27-4-2/h17H,3-13H2,1-2H3,(H2,21,22,25,26)/b20-14-. The summed E-state index contributed by atoms with van der Waals surface area (Å²) >= 11 is 0. The molecule has 1 atom stereocenters. The maximum Gasteiger partial charge on any atom is 0.323 e. The molecule has 1 unspecified atom stereocenters. The van der Waals surface area contributed by atoms with E-state index in [1.165, 1.54) is 0 Å². The lowest BCUT2D eigenvalue weighted by atomic mass is 10.0. The third kappa shape index (κ3) is 9.30. The van der Waals surface area contributed by atoms with Crippen LogP contribution >= 0.6 is 0 Å². The number of imide groups is 1. The molecule has 2 N–H and O–H groups in total. The number of hydrogen-bond donors (Lipinski definition) is 2. The lowest BCUT2D eigenvalue weighted by Gasteiger charge is -2.09. The highest BCUT2D eigenvalue weighted by Crippen LogP contribution is 2.11. The highest BCUT2D eigenvalue weighted by Gasteiger charge is 2.30. The number of rotatable bonds is 14. The van der Waals surface area contributed by atoms with E-state index >= 15 is 0 Å². The van der Waals surface area contributed by atoms with Gasteiger partial charge in [0.25, 0.3) is 5.91 Å². The number of esters is 1. The molecule has 3 amide bonds. The third-order valence-electron chi connectivity index (χ3n) is 4.22. The molecule has 1 rings (SSSR count). The molecule has 1 aliphatic heterocycles. The van der Waals surface area contributed by atoms with Crippen LogP contribution in [-0.4, -0.2) is 42.2 Å². The Morgan fingerprint density at radius 3 is 2.22 bits per heavy atom. The Bertz CT molecular complexity index is 560. The van der Waals surface area contributed by atoms with E-state index in [1.807, 2.05) is 0 Å². The average molecular weight is 381 g/mol. The molecule has 0 aliphatic carbocycles. The van der Waals surface area contributed by atoms with E-state index in [9.17, 15) is 19.2 Å². The molecule has 1 saturated heterocycles. The minimum Gasteiger partial charge on any atom is -0.466 e. The maximum absolute atomic E-state index is 12.4. The largest absolute Gasteiger partial charge is 0.466 e. The summed E-state index contributed by atoms with van der Waals surface area (Å²) in [5.41, 5.74) is 0.360. The first-order chi connectivity index (χ1) is 13.0. The molecule has 1 fully saturated rings. The lowest BCUT2D eigenvalue weighted by molar-refractivity contribution is -0.143. The van der Waals surface area contributed by atoms with Crippen LogP contribution in [0.5, 0.6) is 0 Å². The van der Waals surface area contributed by atoms with Crippen molar-refractivity contribution in [2.45, 2.75) is 84.2 Å². The number of carbonyl (C=O) groups is 4. The number of unbranched alkanes of at least 4 members (excludes halogenated alkanes) is 5. The van der Waals surface area contributed by atoms with Crippen molar-refractivity contribution in [3.63, 3.8) is 0 Å². The Balaban J connectivity index is 2.49. The zero-order valence-electron chi connectivity index (χ0n) is 16.3. The van der Waals surface area contributed by atoms with Gasteiger partial charge < -0.3 is 10.1 Å². The van der Waals surface area contributed by atoms with Crippen molar-refractivity contribution in [1.82, 2.24) is 10.6 Å². The van der Waals surface area contributed by atoms with Crippen molar-refractivity contribution in [2.24, 2.45) is 4.99 Å². The van der Waals surface area contributed by atoms with Crippen molar-refractivity contribution in [1.29, 1.82) is 0 Å². The van der Waals surface area contributed by atoms with Crippen molar-refractivity contribution in [3.8, 4) is 0 Å². The number of ether oxygens (including phenoxy) is 1. The van der Waals surface area contributed by atoms with Crippen LogP contribution in [0.15, 0.2) is 4.99 Å². The van der Waals surface area contributed by atoms with Crippen LogP contribution in [0.1, 0.15) is 78.1 Å². The summed E-state index contributed by atoms with van der Waals surface area (Å²) in [6.07, 6.45) is 6.21. The fourth-order valence-corrected chi connectivity index (χ4v) is 2.76. The molecule has 0 aromatic rings. The molecule has 0 saturated carbocycles. The second kappa shape index (κ2) is 13.0. The summed E-state index contributed by atoms with van der Waals surface area (Å²) in [6.45, 7) is 4.24. The normalized spacial score (nSPS) is 16.8. The molecule has 152 valence electrons. The summed E-state index contributed by atoms with van der Waals surface area (Å²) in [4.78, 5) is 50.8. The first-order valence-electron chi connectivity index (χ1n) is 9.84. The van der Waals surface area contributed by atoms with Crippen LogP contribution in [0.4, 0.5) is 4.79 Å². The van der Waals surface area contributed by atoms with Gasteiger partial charge in [-0.3, -0.25) is 24.7 Å². The number of nitrogens with one attached hydrogen (secondary N) is 2. The van der Waals surface area contributed by atoms with Gasteiger partial charge in [0.05, 0.1) is 12.3 Å². The Labute approximate surface area is 160 Å². The summed E-state index contributed by atoms with van der Waals surface area (Å²) in [7, 11) is 0. The van der Waals surface area contributed by atoms with E-state index in [1.54, 1.807) is 6.92 Å². The zero-order chi connectivity index (χ0) is 20.1. The summed E-state index contributed by atoms with van der Waals surface area (Å²) in [5.74, 6) is -0.786. The van der Waals surface area contributed by atoms with Gasteiger partial charge in [0.2, 0.25) is 6.17 Å². The molecule has 1 heterocycles. The molecule has 1 aliphatic rings. The van der Waals surface area contributed by atoms with Crippen molar-refractivity contribution < 1.29 is 23.9 Å². The van der Waals surface area contributed by atoms with E-state index in [0.717, 1.165) is 44.9 Å². The fourth-order valence-electron chi connectivity index (χ4n) is 2.76. The van der Waals surface area contributed by atoms with Gasteiger partial charge in [-0.25, -0.2) is 4.79 Å². The SMILES string of the molecule is CCCCCC(=O)/C(CCCCCCC(=O)OCC)=N\C1NC(=O)NC1=O. The third-order valence-corrected chi connectivity index (χ3v) is 4.22. The first-order valence-corrected chi connectivity index (χ1v) is 9.84. The number of hydrogen-bond acceptors (Lipinski definition) is 6. The van der Waals surface area contributed by atoms with Crippen LogP contribution in [0.2, 0.25) is 0 Å². The Morgan fingerprint density at radius 1 is 0.963 bits per heavy atom. The van der Waals surface area contributed by atoms with Gasteiger partial charge in [-0.05, 0) is 32.6 Å². The fraction of sp³-hybridized carbons (Fsp3) is 0.737. The van der Waals surface area contributed by atoms with Gasteiger partial charge in [0.15, 0.2) is 5.78 Å². The minimum absolute atomic E-state index is 0.0658. The predicted octanol–water partition coefficient (Wildman–Crippen LogP) is 2.65. The monoisotopic (exact) mass is 381 g/mol. The molecule has 0 bridgehead atoms. The van der Waals surface area contributed by atoms with Crippen molar-refractivity contribution in [2.75, 3.05) is 6.61 Å². The Hall–Kier alpha value is -2.25. The van der Waals surface area contributed by atoms with E-state index in [0.29, 0.717) is 31.6 Å². The van der Waals surface area contributed by atoms with Gasteiger partial charge in [-0.2, -0.15) is 0 Å². The second-order valence-electron chi connectivity index (χ2n) is 6.54. The van der Waals surface area contributed by atoms with Crippen molar-refractivity contribution >= 4 is 29.4 Å². The average Bonchev–Trinajstić information content (AvgIpc) is 2.94. The first kappa shape index (κ1) is 22.8. The highest BCUT2D eigenvalue weighted by molar-refractivity contribution is 6.40. The molecule has 27 heavy (non-hydrogen) atoms. The van der Waals surface area contributed by atoms with E-state index in [2.05, 4.69) is 22.5 Å². The van der Waals surface area contributed by atoms with E-state index in [4.69, 9.17) is 4.74 Å². The number of ketones is 1. The topological polar surface area (TPSA) is 114 Å². The number of urea groups is 1. The lowest BCUT2D eigenvalue weighted by Crippen LogP contribution is -2.30. The molecule has 0 aromatic heterocycles. The number of Topliss-reactive ketones (excluding diaryl/α,β-unsaturated/α-hetero) is 1. The van der Waals surface area contributed by atoms with Gasteiger partial charge in [-0.1, -0.05) is 32.6 Å². The number of amides is 3.